The fourth-order valence-corrected chi connectivity index (χ4v) is 2.58. The van der Waals surface area contributed by atoms with Gasteiger partial charge in [0, 0.05) is 27.3 Å². The van der Waals surface area contributed by atoms with Crippen LogP contribution in [0.15, 0.2) is 28.8 Å². The van der Waals surface area contributed by atoms with Gasteiger partial charge < -0.3 is 4.52 Å². The van der Waals surface area contributed by atoms with Gasteiger partial charge in [0.1, 0.15) is 11.4 Å². The van der Waals surface area contributed by atoms with Crippen LogP contribution in [0, 0.1) is 0 Å². The molecule has 0 radical (unpaired) electrons. The van der Waals surface area contributed by atoms with E-state index in [0.717, 1.165) is 0 Å². The summed E-state index contributed by atoms with van der Waals surface area (Å²) in [6.07, 6.45) is 0. The molecule has 0 aliphatic heterocycles. The third-order valence-electron chi connectivity index (χ3n) is 2.07. The summed E-state index contributed by atoms with van der Waals surface area (Å²) in [6, 6.07) is 6.30. The van der Waals surface area contributed by atoms with Crippen molar-refractivity contribution in [2.24, 2.45) is 0 Å². The summed E-state index contributed by atoms with van der Waals surface area (Å²) < 4.78 is 26.8. The maximum Gasteiger partial charge on any atom is 0.238 e. The maximum atomic E-state index is 10.9. The Labute approximate surface area is 118 Å². The number of rotatable bonds is 3. The molecule has 0 saturated carbocycles. The first-order valence-corrected chi connectivity index (χ1v) is 7.92. The van der Waals surface area contributed by atoms with E-state index in [1.54, 1.807) is 18.2 Å². The lowest BCUT2D eigenvalue weighted by Gasteiger charge is -1.99. The van der Waals surface area contributed by atoms with Crippen molar-refractivity contribution in [3.63, 3.8) is 0 Å². The fourth-order valence-electron chi connectivity index (χ4n) is 1.37. The molecule has 0 atom stereocenters. The normalized spacial score (nSPS) is 11.7. The van der Waals surface area contributed by atoms with E-state index >= 15 is 0 Å². The van der Waals surface area contributed by atoms with Crippen LogP contribution in [-0.4, -0.2) is 13.6 Å². The number of hydrogen-bond acceptors (Lipinski definition) is 4. The van der Waals surface area contributed by atoms with Gasteiger partial charge in [-0.05, 0) is 18.2 Å². The SMILES string of the molecule is O=S(=O)(Cl)Cc1cc(-c2cc(Cl)ccc2Cl)on1. The molecule has 4 nitrogen and oxygen atoms in total. The lowest BCUT2D eigenvalue weighted by atomic mass is 10.1. The molecule has 0 bridgehead atoms. The first-order valence-electron chi connectivity index (χ1n) is 4.68. The molecule has 96 valence electrons. The van der Waals surface area contributed by atoms with Crippen molar-refractivity contribution < 1.29 is 12.9 Å². The number of halogens is 3. The van der Waals surface area contributed by atoms with Crippen molar-refractivity contribution in [1.29, 1.82) is 0 Å². The van der Waals surface area contributed by atoms with Crippen LogP contribution >= 0.6 is 33.9 Å². The van der Waals surface area contributed by atoms with Crippen molar-refractivity contribution in [3.05, 3.63) is 40.0 Å². The van der Waals surface area contributed by atoms with E-state index in [1.165, 1.54) is 6.07 Å². The summed E-state index contributed by atoms with van der Waals surface area (Å²) >= 11 is 11.8. The Bertz CT molecular complexity index is 681. The monoisotopic (exact) mass is 325 g/mol. The Morgan fingerprint density at radius 2 is 1.94 bits per heavy atom. The third kappa shape index (κ3) is 3.38. The molecule has 0 unspecified atom stereocenters. The van der Waals surface area contributed by atoms with Crippen molar-refractivity contribution in [3.8, 4) is 11.3 Å². The highest BCUT2D eigenvalue weighted by molar-refractivity contribution is 8.13. The summed E-state index contributed by atoms with van der Waals surface area (Å²) in [5.74, 6) is -0.0752. The smallest absolute Gasteiger partial charge is 0.238 e. The van der Waals surface area contributed by atoms with Crippen LogP contribution in [0.5, 0.6) is 0 Å². The quantitative estimate of drug-likeness (QED) is 0.807. The standard InChI is InChI=1S/C10H6Cl3NO3S/c11-6-1-2-9(12)8(3-6)10-4-7(14-17-10)5-18(13,15)16/h1-4H,5H2. The van der Waals surface area contributed by atoms with Gasteiger partial charge in [-0.15, -0.1) is 0 Å². The summed E-state index contributed by atoms with van der Waals surface area (Å²) in [5.41, 5.74) is 0.742. The second-order valence-electron chi connectivity index (χ2n) is 3.49. The molecule has 0 spiro atoms. The van der Waals surface area contributed by atoms with Gasteiger partial charge in [-0.2, -0.15) is 0 Å². The Balaban J connectivity index is 2.38. The van der Waals surface area contributed by atoms with Gasteiger partial charge in [-0.25, -0.2) is 8.42 Å². The fraction of sp³-hybridized carbons (Fsp3) is 0.100. The second-order valence-corrected chi connectivity index (χ2v) is 7.11. The zero-order valence-corrected chi connectivity index (χ0v) is 11.8. The van der Waals surface area contributed by atoms with E-state index < -0.39 is 14.8 Å². The predicted octanol–water partition coefficient (Wildman–Crippen LogP) is 3.72. The minimum atomic E-state index is -3.67. The molecule has 1 aromatic carbocycles. The summed E-state index contributed by atoms with van der Waals surface area (Å²) in [4.78, 5) is 0. The van der Waals surface area contributed by atoms with Gasteiger partial charge in [0.15, 0.2) is 5.76 Å². The van der Waals surface area contributed by atoms with Crippen LogP contribution in [0.3, 0.4) is 0 Å². The highest BCUT2D eigenvalue weighted by Crippen LogP contribution is 2.31. The minimum absolute atomic E-state index is 0.205. The van der Waals surface area contributed by atoms with Crippen molar-refractivity contribution in [2.75, 3.05) is 0 Å². The Morgan fingerprint density at radius 1 is 1.22 bits per heavy atom. The number of aromatic nitrogens is 1. The van der Waals surface area contributed by atoms with Crippen molar-refractivity contribution in [2.45, 2.75) is 5.75 Å². The first-order chi connectivity index (χ1) is 8.35. The largest absolute Gasteiger partial charge is 0.356 e. The zero-order chi connectivity index (χ0) is 13.3. The Hall–Kier alpha value is -0.750. The third-order valence-corrected chi connectivity index (χ3v) is 3.61. The predicted molar refractivity (Wildman–Crippen MR) is 70.4 cm³/mol. The highest BCUT2D eigenvalue weighted by Gasteiger charge is 2.15. The molecule has 0 amide bonds. The lowest BCUT2D eigenvalue weighted by molar-refractivity contribution is 0.426. The van der Waals surface area contributed by atoms with E-state index in [4.69, 9.17) is 38.4 Å². The van der Waals surface area contributed by atoms with Gasteiger partial charge in [0.25, 0.3) is 0 Å². The molecule has 0 aliphatic rings. The molecule has 1 heterocycles. The molecule has 0 fully saturated rings. The average Bonchev–Trinajstić information content (AvgIpc) is 2.67. The average molecular weight is 327 g/mol. The second kappa shape index (κ2) is 5.09. The number of hydrogen-bond donors (Lipinski definition) is 0. The lowest BCUT2D eigenvalue weighted by Crippen LogP contribution is -1.94. The van der Waals surface area contributed by atoms with Gasteiger partial charge >= 0.3 is 0 Å². The van der Waals surface area contributed by atoms with Crippen LogP contribution in [-0.2, 0) is 14.8 Å². The van der Waals surface area contributed by atoms with Crippen molar-refractivity contribution >= 4 is 42.9 Å². The molecule has 2 aromatic rings. The molecule has 18 heavy (non-hydrogen) atoms. The van der Waals surface area contributed by atoms with Gasteiger partial charge in [0.05, 0.1) is 5.02 Å². The molecule has 0 saturated heterocycles. The van der Waals surface area contributed by atoms with Crippen LogP contribution in [0.25, 0.3) is 11.3 Å². The van der Waals surface area contributed by atoms with Gasteiger partial charge in [0.2, 0.25) is 9.05 Å². The molecule has 0 aliphatic carbocycles. The first kappa shape index (κ1) is 13.7. The Kier molecular flexibility index (Phi) is 3.87. The zero-order valence-electron chi connectivity index (χ0n) is 8.73. The van der Waals surface area contributed by atoms with E-state index in [9.17, 15) is 8.42 Å². The van der Waals surface area contributed by atoms with Crippen LogP contribution < -0.4 is 0 Å². The van der Waals surface area contributed by atoms with E-state index in [2.05, 4.69) is 5.16 Å². The van der Waals surface area contributed by atoms with Crippen LogP contribution in [0.1, 0.15) is 5.69 Å². The van der Waals surface area contributed by atoms with E-state index in [0.29, 0.717) is 21.4 Å². The number of benzene rings is 1. The van der Waals surface area contributed by atoms with Gasteiger partial charge in [-0.3, -0.25) is 0 Å². The summed E-state index contributed by atoms with van der Waals surface area (Å²) in [5, 5.41) is 4.52. The van der Waals surface area contributed by atoms with Gasteiger partial charge in [-0.1, -0.05) is 28.4 Å². The molecule has 2 rings (SSSR count). The van der Waals surface area contributed by atoms with E-state index in [-0.39, 0.29) is 5.69 Å². The topological polar surface area (TPSA) is 60.2 Å². The van der Waals surface area contributed by atoms with E-state index in [1.807, 2.05) is 0 Å². The minimum Gasteiger partial charge on any atom is -0.356 e. The highest BCUT2D eigenvalue weighted by atomic mass is 35.7. The molecular weight excluding hydrogens is 321 g/mol. The molecular formula is C10H6Cl3NO3S. The number of nitrogens with zero attached hydrogens (tertiary/aromatic N) is 1. The maximum absolute atomic E-state index is 10.9. The molecule has 8 heteroatoms. The molecule has 0 N–H and O–H groups in total. The summed E-state index contributed by atoms with van der Waals surface area (Å²) in [7, 11) is 1.45. The molecule has 1 aromatic heterocycles. The van der Waals surface area contributed by atoms with Crippen LogP contribution in [0.2, 0.25) is 10.0 Å². The Morgan fingerprint density at radius 3 is 2.61 bits per heavy atom. The van der Waals surface area contributed by atoms with Crippen molar-refractivity contribution in [1.82, 2.24) is 5.16 Å². The van der Waals surface area contributed by atoms with Crippen LogP contribution in [0.4, 0.5) is 0 Å². The summed E-state index contributed by atoms with van der Waals surface area (Å²) in [6.45, 7) is 0.